The van der Waals surface area contributed by atoms with Crippen LogP contribution in [0.1, 0.15) is 15.9 Å². The third-order valence-corrected chi connectivity index (χ3v) is 4.61. The Morgan fingerprint density at radius 3 is 2.43 bits per heavy atom. The lowest BCUT2D eigenvalue weighted by molar-refractivity contribution is 0.0475. The quantitative estimate of drug-likeness (QED) is 0.397. The maximum atomic E-state index is 13.0. The molecule has 5 heteroatoms. The molecule has 0 aliphatic carbocycles. The van der Waals surface area contributed by atoms with E-state index in [1.54, 1.807) is 30.3 Å². The highest BCUT2D eigenvalue weighted by Gasteiger charge is 2.15. The zero-order chi connectivity index (χ0) is 19.5. The molecule has 3 aromatic carbocycles. The summed E-state index contributed by atoms with van der Waals surface area (Å²) in [7, 11) is 0. The van der Waals surface area contributed by atoms with Gasteiger partial charge in [0.2, 0.25) is 0 Å². The number of carbonyl (C=O) groups excluding carboxylic acids is 1. The fraction of sp³-hybridized carbons (Fsp3) is 0.0435. The monoisotopic (exact) mass is 391 g/mol. The Labute approximate surface area is 166 Å². The maximum Gasteiger partial charge on any atom is 0.339 e. The second kappa shape index (κ2) is 7.79. The Morgan fingerprint density at radius 1 is 0.964 bits per heavy atom. The van der Waals surface area contributed by atoms with Gasteiger partial charge in [0.1, 0.15) is 12.4 Å². The summed E-state index contributed by atoms with van der Waals surface area (Å²) >= 11 is 5.97. The smallest absolute Gasteiger partial charge is 0.339 e. The van der Waals surface area contributed by atoms with Crippen molar-refractivity contribution in [3.8, 4) is 11.3 Å². The molecule has 3 nitrogen and oxygen atoms in total. The van der Waals surface area contributed by atoms with Gasteiger partial charge in [-0.2, -0.15) is 0 Å². The number of halogens is 2. The second-order valence-electron chi connectivity index (χ2n) is 6.28. The first-order valence-corrected chi connectivity index (χ1v) is 9.05. The number of esters is 1. The summed E-state index contributed by atoms with van der Waals surface area (Å²) in [5.41, 5.74) is 3.35. The predicted molar refractivity (Wildman–Crippen MR) is 108 cm³/mol. The van der Waals surface area contributed by atoms with Gasteiger partial charge in [-0.1, -0.05) is 54.1 Å². The summed E-state index contributed by atoms with van der Waals surface area (Å²) in [6, 6.07) is 22.2. The normalized spacial score (nSPS) is 10.8. The lowest BCUT2D eigenvalue weighted by Crippen LogP contribution is -2.07. The first kappa shape index (κ1) is 18.1. The Balaban J connectivity index is 1.69. The van der Waals surface area contributed by atoms with Gasteiger partial charge >= 0.3 is 5.97 Å². The zero-order valence-electron chi connectivity index (χ0n) is 14.7. The van der Waals surface area contributed by atoms with E-state index in [2.05, 4.69) is 4.98 Å². The van der Waals surface area contributed by atoms with Crippen LogP contribution in [0.15, 0.2) is 78.9 Å². The number of benzene rings is 3. The molecule has 0 unspecified atom stereocenters. The molecule has 138 valence electrons. The minimum absolute atomic E-state index is 0.0615. The van der Waals surface area contributed by atoms with E-state index >= 15 is 0 Å². The van der Waals surface area contributed by atoms with E-state index in [0.29, 0.717) is 32.7 Å². The number of hydrogen-bond donors (Lipinski definition) is 0. The molecular formula is C23H15ClFNO2. The molecule has 0 saturated heterocycles. The molecule has 4 rings (SSSR count). The fourth-order valence-electron chi connectivity index (χ4n) is 2.92. The highest BCUT2D eigenvalue weighted by Crippen LogP contribution is 2.26. The highest BCUT2D eigenvalue weighted by atomic mass is 35.5. The Bertz CT molecular complexity index is 1140. The number of aromatic nitrogens is 1. The van der Waals surface area contributed by atoms with E-state index in [0.717, 1.165) is 5.56 Å². The maximum absolute atomic E-state index is 13.0. The van der Waals surface area contributed by atoms with Crippen LogP contribution in [0.25, 0.3) is 22.2 Å². The molecular weight excluding hydrogens is 377 g/mol. The Kier molecular flexibility index (Phi) is 5.04. The van der Waals surface area contributed by atoms with Gasteiger partial charge in [0, 0.05) is 16.0 Å². The topological polar surface area (TPSA) is 39.2 Å². The van der Waals surface area contributed by atoms with Crippen LogP contribution >= 0.6 is 11.6 Å². The summed E-state index contributed by atoms with van der Waals surface area (Å²) in [5, 5.41) is 1.34. The molecule has 0 fully saturated rings. The molecule has 0 atom stereocenters. The van der Waals surface area contributed by atoms with Crippen LogP contribution in [0.3, 0.4) is 0 Å². The van der Waals surface area contributed by atoms with Crippen molar-refractivity contribution in [2.24, 2.45) is 0 Å². The molecule has 0 saturated carbocycles. The van der Waals surface area contributed by atoms with E-state index in [-0.39, 0.29) is 12.4 Å². The molecule has 1 aromatic heterocycles. The minimum atomic E-state index is -0.460. The standard InChI is InChI=1S/C23H15ClFNO2/c24-17-9-7-16(8-10-17)22-13-20(19-3-1-2-4-21(19)26-22)23(27)28-14-15-5-11-18(25)12-6-15/h1-13H,14H2. The molecule has 0 aliphatic rings. The fourth-order valence-corrected chi connectivity index (χ4v) is 3.05. The van der Waals surface area contributed by atoms with Crippen molar-refractivity contribution < 1.29 is 13.9 Å². The number of pyridine rings is 1. The van der Waals surface area contributed by atoms with Crippen LogP contribution < -0.4 is 0 Å². The van der Waals surface area contributed by atoms with Crippen molar-refractivity contribution in [2.75, 3.05) is 0 Å². The number of carbonyl (C=O) groups is 1. The lowest BCUT2D eigenvalue weighted by atomic mass is 10.0. The molecule has 1 heterocycles. The molecule has 0 aliphatic heterocycles. The summed E-state index contributed by atoms with van der Waals surface area (Å²) in [6.45, 7) is 0.0615. The Morgan fingerprint density at radius 2 is 1.68 bits per heavy atom. The number of hydrogen-bond acceptors (Lipinski definition) is 3. The predicted octanol–water partition coefficient (Wildman–Crippen LogP) is 6.05. The van der Waals surface area contributed by atoms with E-state index in [9.17, 15) is 9.18 Å². The van der Waals surface area contributed by atoms with Gasteiger partial charge in [0.15, 0.2) is 0 Å². The highest BCUT2D eigenvalue weighted by molar-refractivity contribution is 6.30. The summed E-state index contributed by atoms with van der Waals surface area (Å²) in [5.74, 6) is -0.791. The first-order chi connectivity index (χ1) is 13.6. The molecule has 0 spiro atoms. The number of para-hydroxylation sites is 1. The van der Waals surface area contributed by atoms with E-state index < -0.39 is 5.97 Å². The Hall–Kier alpha value is -3.24. The largest absolute Gasteiger partial charge is 0.457 e. The third-order valence-electron chi connectivity index (χ3n) is 4.36. The second-order valence-corrected chi connectivity index (χ2v) is 6.72. The summed E-state index contributed by atoms with van der Waals surface area (Å²) < 4.78 is 18.5. The van der Waals surface area contributed by atoms with Gasteiger partial charge in [-0.15, -0.1) is 0 Å². The average molecular weight is 392 g/mol. The van der Waals surface area contributed by atoms with Crippen LogP contribution in [-0.4, -0.2) is 11.0 Å². The van der Waals surface area contributed by atoms with Crippen molar-refractivity contribution in [1.82, 2.24) is 4.98 Å². The molecule has 4 aromatic rings. The molecule has 0 radical (unpaired) electrons. The van der Waals surface area contributed by atoms with Crippen molar-refractivity contribution >= 4 is 28.5 Å². The minimum Gasteiger partial charge on any atom is -0.457 e. The molecule has 0 bridgehead atoms. The van der Waals surface area contributed by atoms with Crippen molar-refractivity contribution in [1.29, 1.82) is 0 Å². The van der Waals surface area contributed by atoms with Gasteiger partial charge in [-0.05, 0) is 42.0 Å². The summed E-state index contributed by atoms with van der Waals surface area (Å²) in [4.78, 5) is 17.4. The number of rotatable bonds is 4. The van der Waals surface area contributed by atoms with Crippen LogP contribution in [0.2, 0.25) is 5.02 Å². The number of nitrogens with zero attached hydrogens (tertiary/aromatic N) is 1. The van der Waals surface area contributed by atoms with Crippen molar-refractivity contribution in [3.63, 3.8) is 0 Å². The van der Waals surface area contributed by atoms with Gasteiger partial charge in [-0.3, -0.25) is 0 Å². The third kappa shape index (κ3) is 3.87. The van der Waals surface area contributed by atoms with Gasteiger partial charge in [0.05, 0.1) is 16.8 Å². The van der Waals surface area contributed by atoms with Gasteiger partial charge in [-0.25, -0.2) is 14.2 Å². The SMILES string of the molecule is O=C(OCc1ccc(F)cc1)c1cc(-c2ccc(Cl)cc2)nc2ccccc12. The lowest BCUT2D eigenvalue weighted by Gasteiger charge is -2.10. The summed E-state index contributed by atoms with van der Waals surface area (Å²) in [6.07, 6.45) is 0. The first-order valence-electron chi connectivity index (χ1n) is 8.67. The van der Waals surface area contributed by atoms with Gasteiger partial charge in [0.25, 0.3) is 0 Å². The average Bonchev–Trinajstić information content (AvgIpc) is 2.73. The van der Waals surface area contributed by atoms with Crippen LogP contribution in [-0.2, 0) is 11.3 Å². The van der Waals surface area contributed by atoms with Crippen LogP contribution in [0, 0.1) is 5.82 Å². The molecule has 0 N–H and O–H groups in total. The number of ether oxygens (including phenoxy) is 1. The zero-order valence-corrected chi connectivity index (χ0v) is 15.5. The van der Waals surface area contributed by atoms with Crippen LogP contribution in [0.4, 0.5) is 4.39 Å². The van der Waals surface area contributed by atoms with E-state index in [1.807, 2.05) is 36.4 Å². The van der Waals surface area contributed by atoms with Crippen LogP contribution in [0.5, 0.6) is 0 Å². The number of fused-ring (bicyclic) bond motifs is 1. The van der Waals surface area contributed by atoms with E-state index in [4.69, 9.17) is 16.3 Å². The van der Waals surface area contributed by atoms with Crippen molar-refractivity contribution in [2.45, 2.75) is 6.61 Å². The molecule has 28 heavy (non-hydrogen) atoms. The molecule has 0 amide bonds. The van der Waals surface area contributed by atoms with E-state index in [1.165, 1.54) is 12.1 Å². The van der Waals surface area contributed by atoms with Crippen molar-refractivity contribution in [3.05, 3.63) is 101 Å². The van der Waals surface area contributed by atoms with Gasteiger partial charge < -0.3 is 4.74 Å².